The molecule has 1 amide bonds. The zero-order valence-corrected chi connectivity index (χ0v) is 15.2. The molecular weight excluding hydrogens is 366 g/mol. The number of benzene rings is 1. The predicted molar refractivity (Wildman–Crippen MR) is 102 cm³/mol. The summed E-state index contributed by atoms with van der Waals surface area (Å²) in [4.78, 5) is 27.9. The summed E-state index contributed by atoms with van der Waals surface area (Å²) in [6.45, 7) is 0. The summed E-state index contributed by atoms with van der Waals surface area (Å²) in [5.41, 5.74) is 0.496. The number of thiazole rings is 1. The summed E-state index contributed by atoms with van der Waals surface area (Å²) in [7, 11) is 0. The summed E-state index contributed by atoms with van der Waals surface area (Å²) in [6.07, 6.45) is 6.70. The number of rotatable bonds is 6. The number of hydrogen-bond donors (Lipinski definition) is 4. The van der Waals surface area contributed by atoms with Gasteiger partial charge in [-0.25, -0.2) is 4.79 Å². The minimum absolute atomic E-state index is 0.0287. The lowest BCUT2D eigenvalue weighted by Crippen LogP contribution is -2.23. The lowest BCUT2D eigenvalue weighted by Gasteiger charge is -2.18. The highest BCUT2D eigenvalue weighted by molar-refractivity contribution is 7.16. The Labute approximate surface area is 159 Å². The number of hydrogen-bond acceptors (Lipinski definition) is 6. The van der Waals surface area contributed by atoms with E-state index in [2.05, 4.69) is 27.8 Å². The van der Waals surface area contributed by atoms with Gasteiger partial charge in [0.1, 0.15) is 0 Å². The average molecular weight is 385 g/mol. The van der Waals surface area contributed by atoms with E-state index in [1.807, 2.05) is 0 Å². The molecular formula is C19H19N3O4S. The molecule has 8 heteroatoms. The molecule has 4 rings (SSSR count). The number of aromatic hydroxyl groups is 1. The summed E-state index contributed by atoms with van der Waals surface area (Å²) < 4.78 is 0. The van der Waals surface area contributed by atoms with Gasteiger partial charge in [0, 0.05) is 11.7 Å². The van der Waals surface area contributed by atoms with Crippen LogP contribution >= 0.6 is 11.3 Å². The van der Waals surface area contributed by atoms with Gasteiger partial charge in [0.05, 0.1) is 16.9 Å². The van der Waals surface area contributed by atoms with E-state index in [1.54, 1.807) is 12.1 Å². The number of nitrogens with one attached hydrogen (secondary N) is 2. The number of aromatic nitrogens is 1. The molecule has 1 aromatic heterocycles. The van der Waals surface area contributed by atoms with Crippen LogP contribution in [0, 0.1) is 11.8 Å². The number of carbonyl (C=O) groups excluding carboxylic acids is 1. The fourth-order valence-electron chi connectivity index (χ4n) is 3.71. The van der Waals surface area contributed by atoms with Crippen LogP contribution in [0.5, 0.6) is 5.88 Å². The molecule has 2 aromatic rings. The molecule has 1 aromatic carbocycles. The molecule has 0 radical (unpaired) electrons. The second-order valence-electron chi connectivity index (χ2n) is 6.91. The highest BCUT2D eigenvalue weighted by Gasteiger charge is 2.36. The van der Waals surface area contributed by atoms with Crippen molar-refractivity contribution in [3.8, 4) is 5.88 Å². The molecule has 7 nitrogen and oxygen atoms in total. The smallest absolute Gasteiger partial charge is 0.335 e. The van der Waals surface area contributed by atoms with E-state index in [4.69, 9.17) is 5.11 Å². The summed E-state index contributed by atoms with van der Waals surface area (Å²) in [5.74, 6) is -0.402. The van der Waals surface area contributed by atoms with Crippen LogP contribution in [0.1, 0.15) is 28.1 Å². The van der Waals surface area contributed by atoms with Gasteiger partial charge in [-0.15, -0.1) is 0 Å². The third kappa shape index (κ3) is 3.80. The zero-order chi connectivity index (χ0) is 19.0. The Morgan fingerprint density at radius 3 is 2.81 bits per heavy atom. The van der Waals surface area contributed by atoms with Crippen LogP contribution in [-0.4, -0.2) is 33.1 Å². The Kier molecular flexibility index (Phi) is 4.57. The Morgan fingerprint density at radius 1 is 1.26 bits per heavy atom. The van der Waals surface area contributed by atoms with Crippen LogP contribution in [0.15, 0.2) is 36.4 Å². The molecule has 1 heterocycles. The van der Waals surface area contributed by atoms with Crippen LogP contribution in [0.3, 0.4) is 0 Å². The summed E-state index contributed by atoms with van der Waals surface area (Å²) >= 11 is 1.27. The first kappa shape index (κ1) is 17.5. The number of allylic oxidation sites excluding steroid dienone is 1. The first-order valence-corrected chi connectivity index (χ1v) is 9.56. The first-order chi connectivity index (χ1) is 13.0. The molecule has 1 fully saturated rings. The molecule has 0 spiro atoms. The molecule has 4 N–H and O–H groups in total. The van der Waals surface area contributed by atoms with E-state index >= 15 is 0 Å². The fraction of sp³-hybridized carbons (Fsp3) is 0.316. The van der Waals surface area contributed by atoms with Crippen molar-refractivity contribution in [3.63, 3.8) is 0 Å². The largest absolute Gasteiger partial charge is 0.492 e. The predicted octanol–water partition coefficient (Wildman–Crippen LogP) is 3.10. The second-order valence-corrected chi connectivity index (χ2v) is 7.99. The summed E-state index contributed by atoms with van der Waals surface area (Å²) in [5, 5.41) is 25.7. The number of carboxylic acids is 1. The van der Waals surface area contributed by atoms with Gasteiger partial charge in [-0.05, 0) is 42.9 Å². The van der Waals surface area contributed by atoms with Crippen LogP contribution in [-0.2, 0) is 11.2 Å². The molecule has 3 unspecified atom stereocenters. The number of fused-ring (bicyclic) bond motifs is 2. The Bertz CT molecular complexity index is 923. The maximum atomic E-state index is 12.3. The number of amides is 1. The van der Waals surface area contributed by atoms with Crippen LogP contribution in [0.25, 0.3) is 0 Å². The van der Waals surface area contributed by atoms with Gasteiger partial charge in [-0.1, -0.05) is 29.6 Å². The third-order valence-corrected chi connectivity index (χ3v) is 5.95. The van der Waals surface area contributed by atoms with Crippen molar-refractivity contribution >= 4 is 34.0 Å². The lowest BCUT2D eigenvalue weighted by atomic mass is 10.0. The summed E-state index contributed by atoms with van der Waals surface area (Å²) in [6, 6.07) is 6.35. The Morgan fingerprint density at radius 2 is 2.11 bits per heavy atom. The van der Waals surface area contributed by atoms with Gasteiger partial charge in [-0.3, -0.25) is 4.79 Å². The van der Waals surface area contributed by atoms with E-state index in [9.17, 15) is 14.7 Å². The van der Waals surface area contributed by atoms with E-state index in [0.717, 1.165) is 6.42 Å². The molecule has 27 heavy (non-hydrogen) atoms. The van der Waals surface area contributed by atoms with Gasteiger partial charge in [-0.2, -0.15) is 4.98 Å². The molecule has 1 saturated carbocycles. The molecule has 2 aliphatic carbocycles. The van der Waals surface area contributed by atoms with Gasteiger partial charge in [0.25, 0.3) is 0 Å². The number of carboxylic acid groups (broad SMARTS) is 1. The Balaban J connectivity index is 1.38. The highest BCUT2D eigenvalue weighted by atomic mass is 32.1. The van der Waals surface area contributed by atoms with Crippen molar-refractivity contribution in [3.05, 3.63) is 46.9 Å². The van der Waals surface area contributed by atoms with E-state index in [-0.39, 0.29) is 23.8 Å². The van der Waals surface area contributed by atoms with E-state index in [0.29, 0.717) is 33.6 Å². The topological polar surface area (TPSA) is 112 Å². The van der Waals surface area contributed by atoms with Gasteiger partial charge < -0.3 is 20.8 Å². The van der Waals surface area contributed by atoms with E-state index < -0.39 is 5.97 Å². The maximum absolute atomic E-state index is 12.3. The zero-order valence-electron chi connectivity index (χ0n) is 14.4. The number of anilines is 2. The van der Waals surface area contributed by atoms with Gasteiger partial charge in [0.2, 0.25) is 11.8 Å². The van der Waals surface area contributed by atoms with Gasteiger partial charge in [0.15, 0.2) is 5.13 Å². The molecule has 2 bridgehead atoms. The normalized spacial score (nSPS) is 22.7. The quantitative estimate of drug-likeness (QED) is 0.569. The molecule has 140 valence electrons. The van der Waals surface area contributed by atoms with Crippen LogP contribution in [0.4, 0.5) is 10.8 Å². The minimum atomic E-state index is -1.06. The first-order valence-electron chi connectivity index (χ1n) is 8.74. The Hall–Kier alpha value is -2.87. The standard InChI is InChI=1S/C19H19N3O4S/c23-16(20-13-3-1-2-12(8-13)18(25)26)9-15-17(24)22-19(27-15)21-14-7-10-4-5-11(14)6-10/h1-5,8,10-11,14,24H,6-7,9H2,(H,20,23)(H,21,22)(H,25,26). The molecule has 2 aliphatic rings. The van der Waals surface area contributed by atoms with Crippen molar-refractivity contribution in [2.24, 2.45) is 11.8 Å². The third-order valence-electron chi connectivity index (χ3n) is 4.98. The molecule has 3 atom stereocenters. The maximum Gasteiger partial charge on any atom is 0.335 e. The van der Waals surface area contributed by atoms with Crippen LogP contribution < -0.4 is 10.6 Å². The minimum Gasteiger partial charge on any atom is -0.492 e. The van der Waals surface area contributed by atoms with E-state index in [1.165, 1.54) is 29.9 Å². The number of nitrogens with zero attached hydrogens (tertiary/aromatic N) is 1. The monoisotopic (exact) mass is 385 g/mol. The SMILES string of the molecule is O=C(Cc1sc(NC2CC3C=CC2C3)nc1O)Nc1cccc(C(=O)O)c1. The van der Waals surface area contributed by atoms with Crippen LogP contribution in [0.2, 0.25) is 0 Å². The fourth-order valence-corrected chi connectivity index (χ4v) is 4.62. The molecule has 0 aliphatic heterocycles. The number of carbonyl (C=O) groups is 2. The van der Waals surface area contributed by atoms with Gasteiger partial charge >= 0.3 is 5.97 Å². The number of aromatic carboxylic acids is 1. The van der Waals surface area contributed by atoms with Crippen molar-refractivity contribution < 1.29 is 19.8 Å². The molecule has 0 saturated heterocycles. The highest BCUT2D eigenvalue weighted by Crippen LogP contribution is 2.41. The second kappa shape index (κ2) is 7.03. The van der Waals surface area contributed by atoms with Crippen molar-refractivity contribution in [1.82, 2.24) is 4.98 Å². The van der Waals surface area contributed by atoms with Crippen molar-refractivity contribution in [1.29, 1.82) is 0 Å². The van der Waals surface area contributed by atoms with Crippen molar-refractivity contribution in [2.45, 2.75) is 25.3 Å². The van der Waals surface area contributed by atoms with Crippen molar-refractivity contribution in [2.75, 3.05) is 10.6 Å². The average Bonchev–Trinajstić information content (AvgIpc) is 3.32. The lowest BCUT2D eigenvalue weighted by molar-refractivity contribution is -0.115.